The molecule has 2 fully saturated rings. The number of nitrogens with two attached hydrogens (primary N) is 1. The van der Waals surface area contributed by atoms with Crippen molar-refractivity contribution in [1.82, 2.24) is 4.90 Å². The molecule has 0 spiro atoms. The molecular formula is C14H18F2N2. The van der Waals surface area contributed by atoms with E-state index in [4.69, 9.17) is 5.73 Å². The fraction of sp³-hybridized carbons (Fsp3) is 0.571. The summed E-state index contributed by atoms with van der Waals surface area (Å²) in [5.41, 5.74) is 6.47. The zero-order chi connectivity index (χ0) is 12.7. The van der Waals surface area contributed by atoms with Gasteiger partial charge >= 0.3 is 0 Å². The summed E-state index contributed by atoms with van der Waals surface area (Å²) in [7, 11) is 0. The maximum atomic E-state index is 13.6. The van der Waals surface area contributed by atoms with Crippen LogP contribution in [0.15, 0.2) is 18.2 Å². The van der Waals surface area contributed by atoms with Crippen molar-refractivity contribution in [3.05, 3.63) is 35.4 Å². The van der Waals surface area contributed by atoms with Crippen LogP contribution in [-0.2, 0) is 0 Å². The van der Waals surface area contributed by atoms with Crippen molar-refractivity contribution in [2.75, 3.05) is 13.1 Å². The first-order valence-electron chi connectivity index (χ1n) is 6.58. The molecule has 2 bridgehead atoms. The molecule has 2 nitrogen and oxygen atoms in total. The number of hydrogen-bond donors (Lipinski definition) is 1. The fourth-order valence-electron chi connectivity index (χ4n) is 3.40. The summed E-state index contributed by atoms with van der Waals surface area (Å²) in [5.74, 6) is -0.282. The molecule has 0 radical (unpaired) electrons. The van der Waals surface area contributed by atoms with Crippen molar-refractivity contribution in [3.8, 4) is 0 Å². The second kappa shape index (κ2) is 4.59. The molecule has 98 valence electrons. The van der Waals surface area contributed by atoms with Crippen molar-refractivity contribution in [1.29, 1.82) is 0 Å². The van der Waals surface area contributed by atoms with E-state index in [1.54, 1.807) is 0 Å². The van der Waals surface area contributed by atoms with Crippen molar-refractivity contribution < 1.29 is 8.78 Å². The molecule has 1 heterocycles. The monoisotopic (exact) mass is 252 g/mol. The number of nitrogens with zero attached hydrogens (tertiary/aromatic N) is 1. The summed E-state index contributed by atoms with van der Waals surface area (Å²) in [6.07, 6.45) is 3.82. The molecule has 1 aromatic rings. The second-order valence-corrected chi connectivity index (χ2v) is 5.56. The molecule has 1 aromatic carbocycles. The van der Waals surface area contributed by atoms with Crippen LogP contribution >= 0.6 is 0 Å². The molecule has 2 aliphatic rings. The number of hydrogen-bond acceptors (Lipinski definition) is 2. The van der Waals surface area contributed by atoms with Gasteiger partial charge in [-0.05, 0) is 31.2 Å². The second-order valence-electron chi connectivity index (χ2n) is 5.56. The summed E-state index contributed by atoms with van der Waals surface area (Å²) in [4.78, 5) is 2.36. The summed E-state index contributed by atoms with van der Waals surface area (Å²) in [6.45, 7) is 1.75. The minimum Gasteiger partial charge on any atom is -0.323 e. The van der Waals surface area contributed by atoms with Gasteiger partial charge in [0, 0.05) is 36.8 Å². The van der Waals surface area contributed by atoms with Crippen molar-refractivity contribution in [2.24, 2.45) is 11.7 Å². The minimum absolute atomic E-state index is 0.370. The molecule has 3 unspecified atom stereocenters. The number of benzene rings is 1. The molecule has 1 aliphatic carbocycles. The van der Waals surface area contributed by atoms with Gasteiger partial charge in [0.2, 0.25) is 0 Å². The number of likely N-dealkylation sites (tertiary alicyclic amines) is 1. The van der Waals surface area contributed by atoms with Gasteiger partial charge in [-0.15, -0.1) is 0 Å². The zero-order valence-electron chi connectivity index (χ0n) is 10.3. The van der Waals surface area contributed by atoms with Gasteiger partial charge in [-0.25, -0.2) is 8.78 Å². The molecule has 1 saturated heterocycles. The van der Waals surface area contributed by atoms with Crippen molar-refractivity contribution in [3.63, 3.8) is 0 Å². The van der Waals surface area contributed by atoms with E-state index in [9.17, 15) is 8.78 Å². The van der Waals surface area contributed by atoms with E-state index in [2.05, 4.69) is 4.90 Å². The highest BCUT2D eigenvalue weighted by molar-refractivity contribution is 5.22. The lowest BCUT2D eigenvalue weighted by Gasteiger charge is -2.29. The minimum atomic E-state index is -0.552. The van der Waals surface area contributed by atoms with Crippen LogP contribution in [0.25, 0.3) is 0 Å². The third-order valence-electron chi connectivity index (χ3n) is 4.32. The van der Waals surface area contributed by atoms with Crippen molar-refractivity contribution in [2.45, 2.75) is 31.3 Å². The largest absolute Gasteiger partial charge is 0.323 e. The zero-order valence-corrected chi connectivity index (χ0v) is 10.3. The van der Waals surface area contributed by atoms with E-state index in [0.717, 1.165) is 18.5 Å². The Morgan fingerprint density at radius 2 is 2.17 bits per heavy atom. The average Bonchev–Trinajstić information content (AvgIpc) is 2.90. The Kier molecular flexibility index (Phi) is 3.08. The lowest BCUT2D eigenvalue weighted by molar-refractivity contribution is 0.200. The van der Waals surface area contributed by atoms with E-state index in [1.807, 2.05) is 0 Å². The van der Waals surface area contributed by atoms with E-state index in [0.29, 0.717) is 18.2 Å². The fourth-order valence-corrected chi connectivity index (χ4v) is 3.40. The highest BCUT2D eigenvalue weighted by atomic mass is 19.1. The average molecular weight is 252 g/mol. The van der Waals surface area contributed by atoms with Gasteiger partial charge in [-0.1, -0.05) is 6.07 Å². The predicted molar refractivity (Wildman–Crippen MR) is 66.0 cm³/mol. The number of fused-ring (bicyclic) bond motifs is 2. The predicted octanol–water partition coefficient (Wildman–Crippen LogP) is 2.45. The van der Waals surface area contributed by atoms with Crippen LogP contribution in [0.5, 0.6) is 0 Å². The van der Waals surface area contributed by atoms with E-state index in [1.165, 1.54) is 31.4 Å². The van der Waals surface area contributed by atoms with E-state index < -0.39 is 11.6 Å². The quantitative estimate of drug-likeness (QED) is 0.895. The van der Waals surface area contributed by atoms with Crippen LogP contribution < -0.4 is 5.73 Å². The third-order valence-corrected chi connectivity index (χ3v) is 4.32. The van der Waals surface area contributed by atoms with E-state index in [-0.39, 0.29) is 6.04 Å². The third kappa shape index (κ3) is 2.15. The van der Waals surface area contributed by atoms with E-state index >= 15 is 0 Å². The first-order chi connectivity index (χ1) is 8.63. The standard InChI is InChI=1S/C14H18F2N2/c15-10-2-4-12(13(16)6-10)14(17)8-18-7-9-1-3-11(18)5-9/h2,4,6,9,11,14H,1,3,5,7-8,17H2. The maximum absolute atomic E-state index is 13.6. The number of piperidine rings is 1. The Balaban J connectivity index is 1.69. The molecule has 1 saturated carbocycles. The molecule has 0 aromatic heterocycles. The summed E-state index contributed by atoms with van der Waals surface area (Å²) in [6, 6.07) is 3.90. The van der Waals surface area contributed by atoms with Crippen LogP contribution in [0.3, 0.4) is 0 Å². The van der Waals surface area contributed by atoms with Crippen LogP contribution in [0.1, 0.15) is 30.9 Å². The normalized spacial score (nSPS) is 28.8. The lowest BCUT2D eigenvalue weighted by atomic mass is 10.0. The van der Waals surface area contributed by atoms with Gasteiger partial charge in [-0.2, -0.15) is 0 Å². The first-order valence-corrected chi connectivity index (χ1v) is 6.58. The van der Waals surface area contributed by atoms with Crippen LogP contribution in [0, 0.1) is 17.6 Å². The molecule has 4 heteroatoms. The van der Waals surface area contributed by atoms with Gasteiger partial charge in [0.15, 0.2) is 0 Å². The Morgan fingerprint density at radius 1 is 1.33 bits per heavy atom. The van der Waals surface area contributed by atoms with Gasteiger partial charge in [0.25, 0.3) is 0 Å². The molecule has 2 N–H and O–H groups in total. The Morgan fingerprint density at radius 3 is 2.78 bits per heavy atom. The lowest BCUT2D eigenvalue weighted by Crippen LogP contribution is -2.38. The Labute approximate surface area is 106 Å². The van der Waals surface area contributed by atoms with Gasteiger partial charge in [0.1, 0.15) is 11.6 Å². The van der Waals surface area contributed by atoms with Gasteiger partial charge in [-0.3, -0.25) is 4.90 Å². The first kappa shape index (κ1) is 12.1. The summed E-state index contributed by atoms with van der Waals surface area (Å²) < 4.78 is 26.5. The molecule has 3 atom stereocenters. The van der Waals surface area contributed by atoms with Crippen LogP contribution in [0.4, 0.5) is 8.78 Å². The Bertz CT molecular complexity index is 449. The molecule has 18 heavy (non-hydrogen) atoms. The van der Waals surface area contributed by atoms with Gasteiger partial charge < -0.3 is 5.73 Å². The number of halogens is 2. The molecule has 1 aliphatic heterocycles. The topological polar surface area (TPSA) is 29.3 Å². The highest BCUT2D eigenvalue weighted by Crippen LogP contribution is 2.38. The smallest absolute Gasteiger partial charge is 0.130 e. The molecule has 0 amide bonds. The Hall–Kier alpha value is -1.00. The van der Waals surface area contributed by atoms with Crippen LogP contribution in [-0.4, -0.2) is 24.0 Å². The SMILES string of the molecule is NC(CN1CC2CCC1C2)c1ccc(F)cc1F. The number of rotatable bonds is 3. The highest BCUT2D eigenvalue weighted by Gasteiger charge is 2.38. The van der Waals surface area contributed by atoms with Crippen molar-refractivity contribution >= 4 is 0 Å². The van der Waals surface area contributed by atoms with Crippen LogP contribution in [0.2, 0.25) is 0 Å². The van der Waals surface area contributed by atoms with Gasteiger partial charge in [0.05, 0.1) is 0 Å². The molecular weight excluding hydrogens is 234 g/mol. The summed E-state index contributed by atoms with van der Waals surface area (Å²) in [5, 5.41) is 0. The maximum Gasteiger partial charge on any atom is 0.130 e. The summed E-state index contributed by atoms with van der Waals surface area (Å²) >= 11 is 0. The molecule has 3 rings (SSSR count).